The predicted octanol–water partition coefficient (Wildman–Crippen LogP) is 3.25. The summed E-state index contributed by atoms with van der Waals surface area (Å²) in [6.45, 7) is 0. The molecule has 0 heterocycles. The van der Waals surface area contributed by atoms with E-state index < -0.39 is 40.9 Å². The molecule has 10 heteroatoms. The van der Waals surface area contributed by atoms with Gasteiger partial charge in [-0.1, -0.05) is 15.9 Å². The summed E-state index contributed by atoms with van der Waals surface area (Å²) in [7, 11) is 1.94. The zero-order valence-electron chi connectivity index (χ0n) is 11.8. The van der Waals surface area contributed by atoms with Crippen molar-refractivity contribution in [3.8, 4) is 0 Å². The second-order valence-electron chi connectivity index (χ2n) is 4.01. The molecular formula is C13H10BrF4NO4. The number of hydrogen-bond donors (Lipinski definition) is 1. The summed E-state index contributed by atoms with van der Waals surface area (Å²) in [6.07, 6.45) is -4.35. The lowest BCUT2D eigenvalue weighted by Crippen LogP contribution is -2.19. The number of ether oxygens (including phenoxy) is 2. The Kier molecular flexibility index (Phi) is 6.13. The molecule has 1 aromatic carbocycles. The smallest absolute Gasteiger partial charge is 0.418 e. The Morgan fingerprint density at radius 1 is 1.22 bits per heavy atom. The first-order chi connectivity index (χ1) is 10.6. The largest absolute Gasteiger partial charge is 0.466 e. The van der Waals surface area contributed by atoms with Gasteiger partial charge < -0.3 is 14.8 Å². The van der Waals surface area contributed by atoms with Crippen molar-refractivity contribution in [3.05, 3.63) is 39.8 Å². The Labute approximate surface area is 136 Å². The third-order valence-corrected chi connectivity index (χ3v) is 2.95. The van der Waals surface area contributed by atoms with Crippen molar-refractivity contribution in [3.63, 3.8) is 0 Å². The van der Waals surface area contributed by atoms with Crippen LogP contribution in [0.15, 0.2) is 28.4 Å². The molecule has 0 spiro atoms. The lowest BCUT2D eigenvalue weighted by atomic mass is 10.1. The fraction of sp³-hybridized carbons (Fsp3) is 0.231. The highest BCUT2D eigenvalue weighted by Crippen LogP contribution is 2.38. The van der Waals surface area contributed by atoms with Crippen molar-refractivity contribution < 1.29 is 36.6 Å². The van der Waals surface area contributed by atoms with Crippen molar-refractivity contribution in [1.82, 2.24) is 0 Å². The molecule has 1 rings (SSSR count). The number of alkyl halides is 3. The molecule has 0 saturated heterocycles. The fourth-order valence-electron chi connectivity index (χ4n) is 1.49. The van der Waals surface area contributed by atoms with Crippen molar-refractivity contribution in [2.75, 3.05) is 19.5 Å². The van der Waals surface area contributed by atoms with Crippen LogP contribution in [0.1, 0.15) is 5.56 Å². The van der Waals surface area contributed by atoms with E-state index in [0.717, 1.165) is 20.3 Å². The van der Waals surface area contributed by atoms with Crippen molar-refractivity contribution in [2.45, 2.75) is 6.18 Å². The van der Waals surface area contributed by atoms with Crippen LogP contribution in [-0.4, -0.2) is 26.2 Å². The number of hydrogen-bond acceptors (Lipinski definition) is 5. The van der Waals surface area contributed by atoms with Crippen LogP contribution >= 0.6 is 15.9 Å². The van der Waals surface area contributed by atoms with Crippen LogP contribution in [0.3, 0.4) is 0 Å². The first-order valence-electron chi connectivity index (χ1n) is 5.81. The number of carbonyl (C=O) groups is 2. The van der Waals surface area contributed by atoms with Gasteiger partial charge in [0.25, 0.3) is 0 Å². The van der Waals surface area contributed by atoms with Gasteiger partial charge in [0.15, 0.2) is 0 Å². The quantitative estimate of drug-likeness (QED) is 0.478. The van der Waals surface area contributed by atoms with Gasteiger partial charge in [-0.05, 0) is 12.1 Å². The van der Waals surface area contributed by atoms with Crippen LogP contribution in [0.4, 0.5) is 23.2 Å². The number of methoxy groups -OCH3 is 2. The Bertz CT molecular complexity index is 658. The number of esters is 2. The summed E-state index contributed by atoms with van der Waals surface area (Å²) in [5.41, 5.74) is -3.11. The molecule has 0 aliphatic carbocycles. The average molecular weight is 400 g/mol. The number of halogens is 5. The van der Waals surface area contributed by atoms with Crippen LogP contribution in [0.5, 0.6) is 0 Å². The van der Waals surface area contributed by atoms with Gasteiger partial charge >= 0.3 is 18.1 Å². The minimum absolute atomic E-state index is 0.149. The molecule has 126 valence electrons. The van der Waals surface area contributed by atoms with Gasteiger partial charge in [-0.25, -0.2) is 14.0 Å². The van der Waals surface area contributed by atoms with E-state index in [1.54, 1.807) is 0 Å². The number of nitrogens with one attached hydrogen (secondary N) is 1. The molecule has 0 unspecified atom stereocenters. The second-order valence-corrected chi connectivity index (χ2v) is 4.92. The Morgan fingerprint density at radius 3 is 2.30 bits per heavy atom. The summed E-state index contributed by atoms with van der Waals surface area (Å²) in [5.74, 6) is -3.50. The molecule has 0 fully saturated rings. The van der Waals surface area contributed by atoms with E-state index >= 15 is 0 Å². The highest BCUT2D eigenvalue weighted by atomic mass is 79.9. The Morgan fingerprint density at radius 2 is 1.83 bits per heavy atom. The fourth-order valence-corrected chi connectivity index (χ4v) is 1.92. The molecular weight excluding hydrogens is 390 g/mol. The first kappa shape index (κ1) is 18.9. The zero-order chi connectivity index (χ0) is 17.8. The van der Waals surface area contributed by atoms with Gasteiger partial charge in [-0.15, -0.1) is 0 Å². The van der Waals surface area contributed by atoms with Crippen LogP contribution in [-0.2, 0) is 25.2 Å². The third kappa shape index (κ3) is 4.95. The second kappa shape index (κ2) is 7.44. The van der Waals surface area contributed by atoms with Gasteiger partial charge in [-0.2, -0.15) is 13.2 Å². The van der Waals surface area contributed by atoms with Crippen molar-refractivity contribution >= 4 is 33.6 Å². The summed E-state index contributed by atoms with van der Waals surface area (Å²) in [6, 6.07) is 1.39. The van der Waals surface area contributed by atoms with Crippen LogP contribution in [0.25, 0.3) is 0 Å². The minimum atomic E-state index is -4.90. The highest BCUT2D eigenvalue weighted by molar-refractivity contribution is 9.10. The number of benzene rings is 1. The van der Waals surface area contributed by atoms with Crippen LogP contribution in [0, 0.1) is 5.82 Å². The molecule has 0 aromatic heterocycles. The maximum absolute atomic E-state index is 13.9. The number of rotatable bonds is 4. The number of anilines is 1. The highest BCUT2D eigenvalue weighted by Gasteiger charge is 2.36. The molecule has 0 bridgehead atoms. The maximum atomic E-state index is 13.9. The van der Waals surface area contributed by atoms with Gasteiger partial charge in [0.1, 0.15) is 11.5 Å². The first-order valence-corrected chi connectivity index (χ1v) is 6.60. The normalized spacial score (nSPS) is 11.9. The van der Waals surface area contributed by atoms with E-state index in [1.807, 2.05) is 5.32 Å². The Hall–Kier alpha value is -2.10. The van der Waals surface area contributed by atoms with E-state index in [4.69, 9.17) is 0 Å². The van der Waals surface area contributed by atoms with Crippen LogP contribution in [0.2, 0.25) is 0 Å². The molecule has 0 amide bonds. The van der Waals surface area contributed by atoms with Gasteiger partial charge in [0, 0.05) is 4.47 Å². The summed E-state index contributed by atoms with van der Waals surface area (Å²) in [4.78, 5) is 22.7. The van der Waals surface area contributed by atoms with E-state index in [0.29, 0.717) is 12.1 Å². The van der Waals surface area contributed by atoms with E-state index in [-0.39, 0.29) is 4.47 Å². The molecule has 0 atom stereocenters. The van der Waals surface area contributed by atoms with Gasteiger partial charge in [0.2, 0.25) is 0 Å². The van der Waals surface area contributed by atoms with Gasteiger partial charge in [-0.3, -0.25) is 0 Å². The summed E-state index contributed by atoms with van der Waals surface area (Å²) >= 11 is 2.75. The molecule has 1 N–H and O–H groups in total. The van der Waals surface area contributed by atoms with E-state index in [1.165, 1.54) is 0 Å². The molecule has 5 nitrogen and oxygen atoms in total. The number of carbonyl (C=O) groups excluding carboxylic acids is 2. The summed E-state index contributed by atoms with van der Waals surface area (Å²) in [5, 5.41) is 1.94. The minimum Gasteiger partial charge on any atom is -0.466 e. The standard InChI is InChI=1S/C13H10BrF4NO4/c1-22-10(20)5-9(12(21)23-2)19-11-7(13(16,17)18)3-6(14)4-8(11)15/h3-5,19H,1-2H3/b9-5+. The molecule has 0 radical (unpaired) electrons. The van der Waals surface area contributed by atoms with E-state index in [2.05, 4.69) is 25.4 Å². The van der Waals surface area contributed by atoms with Crippen molar-refractivity contribution in [1.29, 1.82) is 0 Å². The zero-order valence-corrected chi connectivity index (χ0v) is 13.3. The third-order valence-electron chi connectivity index (χ3n) is 2.49. The summed E-state index contributed by atoms with van der Waals surface area (Å²) < 4.78 is 61.4. The monoisotopic (exact) mass is 399 g/mol. The predicted molar refractivity (Wildman–Crippen MR) is 74.8 cm³/mol. The topological polar surface area (TPSA) is 64.6 Å². The lowest BCUT2D eigenvalue weighted by Gasteiger charge is -2.16. The average Bonchev–Trinajstić information content (AvgIpc) is 2.46. The maximum Gasteiger partial charge on any atom is 0.418 e. The molecule has 1 aromatic rings. The van der Waals surface area contributed by atoms with Crippen LogP contribution < -0.4 is 5.32 Å². The van der Waals surface area contributed by atoms with Gasteiger partial charge in [0.05, 0.1) is 31.5 Å². The molecule has 23 heavy (non-hydrogen) atoms. The SMILES string of the molecule is COC(=O)/C=C(/Nc1c(F)cc(Br)cc1C(F)(F)F)C(=O)OC. The Balaban J connectivity index is 3.42. The lowest BCUT2D eigenvalue weighted by molar-refractivity contribution is -0.138. The molecule has 0 saturated carbocycles. The molecule has 0 aliphatic heterocycles. The van der Waals surface area contributed by atoms with Crippen molar-refractivity contribution in [2.24, 2.45) is 0 Å². The van der Waals surface area contributed by atoms with E-state index in [9.17, 15) is 27.2 Å². The molecule has 0 aliphatic rings.